The van der Waals surface area contributed by atoms with Crippen molar-refractivity contribution in [1.82, 2.24) is 4.98 Å². The number of halogens is 1. The zero-order valence-electron chi connectivity index (χ0n) is 9.36. The molecule has 0 saturated heterocycles. The third-order valence-corrected chi connectivity index (χ3v) is 4.46. The van der Waals surface area contributed by atoms with E-state index in [2.05, 4.69) is 4.98 Å². The Balaban J connectivity index is 2.00. The van der Waals surface area contributed by atoms with E-state index >= 15 is 0 Å². The predicted molar refractivity (Wildman–Crippen MR) is 68.9 cm³/mol. The Morgan fingerprint density at radius 3 is 2.88 bits per heavy atom. The average molecular weight is 272 g/mol. The van der Waals surface area contributed by atoms with Crippen molar-refractivity contribution >= 4 is 29.3 Å². The van der Waals surface area contributed by atoms with Gasteiger partial charge in [-0.05, 0) is 24.8 Å². The number of carbonyl (C=O) groups is 1. The molecule has 1 heterocycles. The molecule has 0 radical (unpaired) electrons. The Hall–Kier alpha value is -0.740. The molecule has 1 N–H and O–H groups in total. The highest BCUT2D eigenvalue weighted by atomic mass is 35.5. The molecule has 1 fully saturated rings. The van der Waals surface area contributed by atoms with Gasteiger partial charge in [-0.25, -0.2) is 9.78 Å². The normalized spacial score (nSPS) is 16.3. The third kappa shape index (κ3) is 3.36. The Bertz CT molecular complexity index is 419. The quantitative estimate of drug-likeness (QED) is 0.848. The molecule has 92 valence electrons. The summed E-state index contributed by atoms with van der Waals surface area (Å²) in [6.45, 7) is 0. The van der Waals surface area contributed by atoms with Crippen LogP contribution in [0.3, 0.4) is 0 Å². The number of carboxylic acids is 1. The summed E-state index contributed by atoms with van der Waals surface area (Å²) in [5.41, 5.74) is 0.135. The number of aromatic nitrogens is 1. The molecule has 3 nitrogen and oxygen atoms in total. The van der Waals surface area contributed by atoms with Crippen molar-refractivity contribution in [2.45, 2.75) is 30.7 Å². The average Bonchev–Trinajstić information content (AvgIpc) is 2.80. The van der Waals surface area contributed by atoms with Crippen LogP contribution < -0.4 is 0 Å². The Labute approximate surface area is 110 Å². The van der Waals surface area contributed by atoms with Crippen LogP contribution in [0.15, 0.2) is 17.3 Å². The minimum absolute atomic E-state index is 0.135. The molecule has 1 aliphatic rings. The standard InChI is InChI=1S/C12H14ClNO2S/c13-10-6-14-11(5-9(10)12(15)16)17-7-8-3-1-2-4-8/h5-6,8H,1-4,7H2,(H,15,16). The van der Waals surface area contributed by atoms with E-state index in [1.54, 1.807) is 17.8 Å². The fourth-order valence-electron chi connectivity index (χ4n) is 2.04. The molecule has 0 aromatic carbocycles. The second-order valence-electron chi connectivity index (χ2n) is 4.27. The number of thioether (sulfide) groups is 1. The minimum Gasteiger partial charge on any atom is -0.478 e. The van der Waals surface area contributed by atoms with Gasteiger partial charge >= 0.3 is 5.97 Å². The highest BCUT2D eigenvalue weighted by molar-refractivity contribution is 7.99. The van der Waals surface area contributed by atoms with E-state index in [4.69, 9.17) is 16.7 Å². The third-order valence-electron chi connectivity index (χ3n) is 3.00. The number of carboxylic acid groups (broad SMARTS) is 1. The molecule has 0 bridgehead atoms. The summed E-state index contributed by atoms with van der Waals surface area (Å²) >= 11 is 7.39. The van der Waals surface area contributed by atoms with Gasteiger partial charge in [-0.3, -0.25) is 0 Å². The summed E-state index contributed by atoms with van der Waals surface area (Å²) in [7, 11) is 0. The van der Waals surface area contributed by atoms with Crippen LogP contribution in [0.1, 0.15) is 36.0 Å². The van der Waals surface area contributed by atoms with E-state index in [1.807, 2.05) is 0 Å². The first-order chi connectivity index (χ1) is 8.16. The second-order valence-corrected chi connectivity index (χ2v) is 5.72. The van der Waals surface area contributed by atoms with Gasteiger partial charge in [-0.15, -0.1) is 11.8 Å². The van der Waals surface area contributed by atoms with Crippen molar-refractivity contribution in [3.05, 3.63) is 22.8 Å². The molecule has 2 rings (SSSR count). The maximum atomic E-state index is 10.9. The largest absolute Gasteiger partial charge is 0.478 e. The first-order valence-corrected chi connectivity index (χ1v) is 7.05. The van der Waals surface area contributed by atoms with Gasteiger partial charge in [0.15, 0.2) is 0 Å². The van der Waals surface area contributed by atoms with Crippen molar-refractivity contribution in [1.29, 1.82) is 0 Å². The summed E-state index contributed by atoms with van der Waals surface area (Å²) < 4.78 is 0. The van der Waals surface area contributed by atoms with Crippen LogP contribution in [0.25, 0.3) is 0 Å². The van der Waals surface area contributed by atoms with Crippen LogP contribution in [0.2, 0.25) is 5.02 Å². The fraction of sp³-hybridized carbons (Fsp3) is 0.500. The lowest BCUT2D eigenvalue weighted by atomic mass is 10.1. The molecule has 0 aliphatic heterocycles. The second kappa shape index (κ2) is 5.74. The van der Waals surface area contributed by atoms with E-state index in [9.17, 15) is 4.79 Å². The van der Waals surface area contributed by atoms with Gasteiger partial charge < -0.3 is 5.11 Å². The van der Waals surface area contributed by atoms with Crippen molar-refractivity contribution in [3.63, 3.8) is 0 Å². The van der Waals surface area contributed by atoms with Gasteiger partial charge in [0.1, 0.15) is 0 Å². The SMILES string of the molecule is O=C(O)c1cc(SCC2CCCC2)ncc1Cl. The van der Waals surface area contributed by atoms with E-state index in [-0.39, 0.29) is 10.6 Å². The van der Waals surface area contributed by atoms with Crippen molar-refractivity contribution in [3.8, 4) is 0 Å². The molecule has 1 aromatic heterocycles. The number of nitrogens with zero attached hydrogens (tertiary/aromatic N) is 1. The molecule has 1 saturated carbocycles. The number of hydrogen-bond acceptors (Lipinski definition) is 3. The van der Waals surface area contributed by atoms with Crippen LogP contribution in [0.5, 0.6) is 0 Å². The van der Waals surface area contributed by atoms with Crippen LogP contribution in [-0.4, -0.2) is 21.8 Å². The maximum absolute atomic E-state index is 10.9. The highest BCUT2D eigenvalue weighted by Gasteiger charge is 2.16. The fourth-order valence-corrected chi connectivity index (χ4v) is 3.30. The van der Waals surface area contributed by atoms with Gasteiger partial charge in [-0.1, -0.05) is 24.4 Å². The molecule has 0 unspecified atom stereocenters. The highest BCUT2D eigenvalue weighted by Crippen LogP contribution is 2.31. The Morgan fingerprint density at radius 2 is 2.24 bits per heavy atom. The molecule has 0 amide bonds. The molecule has 0 atom stereocenters. The number of hydrogen-bond donors (Lipinski definition) is 1. The van der Waals surface area contributed by atoms with Gasteiger partial charge in [0.25, 0.3) is 0 Å². The van der Waals surface area contributed by atoms with Crippen LogP contribution in [-0.2, 0) is 0 Å². The predicted octanol–water partition coefficient (Wildman–Crippen LogP) is 3.72. The molecular weight excluding hydrogens is 258 g/mol. The Morgan fingerprint density at radius 1 is 1.53 bits per heavy atom. The molecule has 1 aliphatic carbocycles. The van der Waals surface area contributed by atoms with Crippen LogP contribution in [0, 0.1) is 5.92 Å². The smallest absolute Gasteiger partial charge is 0.337 e. The first-order valence-electron chi connectivity index (χ1n) is 5.68. The molecular formula is C12H14ClNO2S. The lowest BCUT2D eigenvalue weighted by Gasteiger charge is -2.08. The number of aromatic carboxylic acids is 1. The molecule has 1 aromatic rings. The van der Waals surface area contributed by atoms with Crippen LogP contribution in [0.4, 0.5) is 0 Å². The van der Waals surface area contributed by atoms with Gasteiger partial charge in [-0.2, -0.15) is 0 Å². The molecule has 0 spiro atoms. The van der Waals surface area contributed by atoms with Crippen molar-refractivity contribution < 1.29 is 9.90 Å². The molecule has 17 heavy (non-hydrogen) atoms. The first kappa shape index (κ1) is 12.7. The monoisotopic (exact) mass is 271 g/mol. The van der Waals surface area contributed by atoms with Crippen molar-refractivity contribution in [2.75, 3.05) is 5.75 Å². The van der Waals surface area contributed by atoms with E-state index < -0.39 is 5.97 Å². The number of rotatable bonds is 4. The molecule has 5 heteroatoms. The minimum atomic E-state index is -1.000. The van der Waals surface area contributed by atoms with E-state index in [0.717, 1.165) is 16.7 Å². The van der Waals surface area contributed by atoms with Gasteiger partial charge in [0.05, 0.1) is 15.6 Å². The lowest BCUT2D eigenvalue weighted by Crippen LogP contribution is -2.00. The van der Waals surface area contributed by atoms with Gasteiger partial charge in [0, 0.05) is 11.9 Å². The summed E-state index contributed by atoms with van der Waals surface area (Å²) in [5.74, 6) is 0.777. The van der Waals surface area contributed by atoms with Crippen LogP contribution >= 0.6 is 23.4 Å². The van der Waals surface area contributed by atoms with E-state index in [1.165, 1.54) is 31.9 Å². The lowest BCUT2D eigenvalue weighted by molar-refractivity contribution is 0.0696. The zero-order valence-corrected chi connectivity index (χ0v) is 10.9. The Kier molecular flexibility index (Phi) is 4.29. The number of pyridine rings is 1. The maximum Gasteiger partial charge on any atom is 0.337 e. The zero-order chi connectivity index (χ0) is 12.3. The summed E-state index contributed by atoms with van der Waals surface area (Å²) in [6.07, 6.45) is 6.63. The summed E-state index contributed by atoms with van der Waals surface area (Å²) in [6, 6.07) is 1.56. The van der Waals surface area contributed by atoms with Crippen molar-refractivity contribution in [2.24, 2.45) is 5.92 Å². The topological polar surface area (TPSA) is 50.2 Å². The summed E-state index contributed by atoms with van der Waals surface area (Å²) in [5, 5.41) is 9.89. The summed E-state index contributed by atoms with van der Waals surface area (Å²) in [4.78, 5) is 15.1. The van der Waals surface area contributed by atoms with Gasteiger partial charge in [0.2, 0.25) is 0 Å². The van der Waals surface area contributed by atoms with E-state index in [0.29, 0.717) is 0 Å².